The van der Waals surface area contributed by atoms with Crippen LogP contribution in [0, 0.1) is 0 Å². The molecule has 2 N–H and O–H groups in total. The van der Waals surface area contributed by atoms with Crippen LogP contribution in [0.25, 0.3) is 0 Å². The summed E-state index contributed by atoms with van der Waals surface area (Å²) in [6, 6.07) is 0. The maximum absolute atomic E-state index is 11.6. The van der Waals surface area contributed by atoms with E-state index < -0.39 is 5.97 Å². The maximum Gasteiger partial charge on any atom is 0.317 e. The second-order valence-electron chi connectivity index (χ2n) is 3.38. The topological polar surface area (TPSA) is 69.6 Å². The molecular formula is C10H20N2O3. The van der Waals surface area contributed by atoms with E-state index in [4.69, 9.17) is 5.11 Å². The molecular weight excluding hydrogens is 196 g/mol. The minimum atomic E-state index is -0.944. The quantitative estimate of drug-likeness (QED) is 0.612. The largest absolute Gasteiger partial charge is 0.480 e. The van der Waals surface area contributed by atoms with Crippen molar-refractivity contribution >= 4 is 11.9 Å². The number of hydrogen-bond acceptors (Lipinski definition) is 3. The number of nitrogens with zero attached hydrogens (tertiary/aromatic N) is 1. The highest BCUT2D eigenvalue weighted by Gasteiger charge is 2.11. The molecule has 0 aromatic heterocycles. The lowest BCUT2D eigenvalue weighted by molar-refractivity contribution is -0.136. The third kappa shape index (κ3) is 6.90. The van der Waals surface area contributed by atoms with Gasteiger partial charge in [-0.3, -0.25) is 14.9 Å². The molecule has 1 amide bonds. The molecule has 0 aliphatic heterocycles. The molecule has 0 saturated carbocycles. The van der Waals surface area contributed by atoms with Gasteiger partial charge in [0.1, 0.15) is 0 Å². The lowest BCUT2D eigenvalue weighted by Crippen LogP contribution is -2.40. The third-order valence-electron chi connectivity index (χ3n) is 1.89. The Morgan fingerprint density at radius 2 is 1.67 bits per heavy atom. The van der Waals surface area contributed by atoms with Crippen molar-refractivity contribution in [1.82, 2.24) is 10.2 Å². The van der Waals surface area contributed by atoms with Crippen LogP contribution in [-0.2, 0) is 9.59 Å². The number of nitrogens with one attached hydrogen (secondary N) is 1. The van der Waals surface area contributed by atoms with Crippen LogP contribution in [0.15, 0.2) is 0 Å². The van der Waals surface area contributed by atoms with E-state index in [1.54, 1.807) is 4.90 Å². The van der Waals surface area contributed by atoms with Crippen LogP contribution in [-0.4, -0.2) is 48.1 Å². The summed E-state index contributed by atoms with van der Waals surface area (Å²) in [5.41, 5.74) is 0. The predicted octanol–water partition coefficient (Wildman–Crippen LogP) is 0.309. The second-order valence-corrected chi connectivity index (χ2v) is 3.38. The Hall–Kier alpha value is -1.10. The lowest BCUT2D eigenvalue weighted by Gasteiger charge is -2.21. The smallest absolute Gasteiger partial charge is 0.317 e. The Labute approximate surface area is 90.5 Å². The first-order valence-corrected chi connectivity index (χ1v) is 5.32. The monoisotopic (exact) mass is 216 g/mol. The Morgan fingerprint density at radius 3 is 2.07 bits per heavy atom. The van der Waals surface area contributed by atoms with Gasteiger partial charge in [0.2, 0.25) is 5.91 Å². The molecule has 0 saturated heterocycles. The highest BCUT2D eigenvalue weighted by Crippen LogP contribution is 1.94. The van der Waals surface area contributed by atoms with E-state index in [9.17, 15) is 9.59 Å². The summed E-state index contributed by atoms with van der Waals surface area (Å²) in [4.78, 5) is 23.5. The molecule has 0 atom stereocenters. The highest BCUT2D eigenvalue weighted by atomic mass is 16.4. The standard InChI is InChI=1S/C10H20N2O3/c1-3-5-12(6-4-2)9(13)7-11-8-10(14)15/h11H,3-8H2,1-2H3,(H,14,15). The molecule has 5 nitrogen and oxygen atoms in total. The number of carboxylic acid groups (broad SMARTS) is 1. The predicted molar refractivity (Wildman–Crippen MR) is 57.7 cm³/mol. The zero-order chi connectivity index (χ0) is 11.7. The van der Waals surface area contributed by atoms with Crippen LogP contribution in [0.1, 0.15) is 26.7 Å². The number of carbonyl (C=O) groups excluding carboxylic acids is 1. The summed E-state index contributed by atoms with van der Waals surface area (Å²) < 4.78 is 0. The van der Waals surface area contributed by atoms with Crippen molar-refractivity contribution in [3.63, 3.8) is 0 Å². The summed E-state index contributed by atoms with van der Waals surface area (Å²) in [7, 11) is 0. The van der Waals surface area contributed by atoms with Crippen LogP contribution in [0.5, 0.6) is 0 Å². The average Bonchev–Trinajstić information content (AvgIpc) is 2.16. The first-order chi connectivity index (χ1) is 7.11. The van der Waals surface area contributed by atoms with Crippen molar-refractivity contribution in [3.8, 4) is 0 Å². The fourth-order valence-corrected chi connectivity index (χ4v) is 1.29. The molecule has 0 aliphatic rings. The van der Waals surface area contributed by atoms with Gasteiger partial charge in [-0.1, -0.05) is 13.8 Å². The van der Waals surface area contributed by atoms with Crippen molar-refractivity contribution in [3.05, 3.63) is 0 Å². The molecule has 0 bridgehead atoms. The van der Waals surface area contributed by atoms with Crippen LogP contribution in [0.2, 0.25) is 0 Å². The van der Waals surface area contributed by atoms with Crippen LogP contribution >= 0.6 is 0 Å². The number of rotatable bonds is 8. The van der Waals surface area contributed by atoms with Crippen molar-refractivity contribution in [1.29, 1.82) is 0 Å². The zero-order valence-corrected chi connectivity index (χ0v) is 9.45. The van der Waals surface area contributed by atoms with Gasteiger partial charge in [0.05, 0.1) is 13.1 Å². The average molecular weight is 216 g/mol. The van der Waals surface area contributed by atoms with Gasteiger partial charge in [0.15, 0.2) is 0 Å². The molecule has 0 spiro atoms. The summed E-state index contributed by atoms with van der Waals surface area (Å²) in [6.07, 6.45) is 1.84. The summed E-state index contributed by atoms with van der Waals surface area (Å²) in [5.74, 6) is -0.972. The van der Waals surface area contributed by atoms with Gasteiger partial charge in [-0.25, -0.2) is 0 Å². The van der Waals surface area contributed by atoms with Crippen molar-refractivity contribution in [2.75, 3.05) is 26.2 Å². The van der Waals surface area contributed by atoms with E-state index in [1.165, 1.54) is 0 Å². The van der Waals surface area contributed by atoms with Crippen molar-refractivity contribution < 1.29 is 14.7 Å². The number of carboxylic acids is 1. The SMILES string of the molecule is CCCN(CCC)C(=O)CNCC(=O)O. The van der Waals surface area contributed by atoms with Crippen LogP contribution in [0.3, 0.4) is 0 Å². The van der Waals surface area contributed by atoms with Gasteiger partial charge in [-0.2, -0.15) is 0 Å². The van der Waals surface area contributed by atoms with Gasteiger partial charge in [-0.05, 0) is 12.8 Å². The Kier molecular flexibility index (Phi) is 7.62. The minimum absolute atomic E-state index is 0.0278. The third-order valence-corrected chi connectivity index (χ3v) is 1.89. The summed E-state index contributed by atoms with van der Waals surface area (Å²) in [5, 5.41) is 11.0. The van der Waals surface area contributed by atoms with Crippen LogP contribution in [0.4, 0.5) is 0 Å². The van der Waals surface area contributed by atoms with Gasteiger partial charge in [0, 0.05) is 13.1 Å². The molecule has 15 heavy (non-hydrogen) atoms. The number of carbonyl (C=O) groups is 2. The van der Waals surface area contributed by atoms with E-state index in [0.29, 0.717) is 0 Å². The number of hydrogen-bond donors (Lipinski definition) is 2. The van der Waals surface area contributed by atoms with Crippen molar-refractivity contribution in [2.24, 2.45) is 0 Å². The Bertz CT molecular complexity index is 201. The van der Waals surface area contributed by atoms with Gasteiger partial charge in [0.25, 0.3) is 0 Å². The minimum Gasteiger partial charge on any atom is -0.480 e. The fraction of sp³-hybridized carbons (Fsp3) is 0.800. The summed E-state index contributed by atoms with van der Waals surface area (Å²) >= 11 is 0. The second kappa shape index (κ2) is 8.23. The molecule has 0 aromatic rings. The van der Waals surface area contributed by atoms with Gasteiger partial charge in [-0.15, -0.1) is 0 Å². The highest BCUT2D eigenvalue weighted by molar-refractivity contribution is 5.79. The normalized spacial score (nSPS) is 10.0. The first kappa shape index (κ1) is 13.9. The fourth-order valence-electron chi connectivity index (χ4n) is 1.29. The molecule has 88 valence electrons. The van der Waals surface area contributed by atoms with E-state index in [2.05, 4.69) is 5.32 Å². The van der Waals surface area contributed by atoms with Crippen LogP contribution < -0.4 is 5.32 Å². The molecule has 0 rings (SSSR count). The van der Waals surface area contributed by atoms with Gasteiger partial charge < -0.3 is 10.0 Å². The Balaban J connectivity index is 3.85. The molecule has 0 aliphatic carbocycles. The van der Waals surface area contributed by atoms with E-state index in [1.807, 2.05) is 13.8 Å². The van der Waals surface area contributed by atoms with E-state index in [0.717, 1.165) is 25.9 Å². The Morgan fingerprint density at radius 1 is 1.13 bits per heavy atom. The van der Waals surface area contributed by atoms with E-state index in [-0.39, 0.29) is 19.0 Å². The molecule has 0 heterocycles. The number of amides is 1. The first-order valence-electron chi connectivity index (χ1n) is 5.32. The van der Waals surface area contributed by atoms with E-state index >= 15 is 0 Å². The lowest BCUT2D eigenvalue weighted by atomic mass is 10.3. The maximum atomic E-state index is 11.6. The molecule has 0 aromatic carbocycles. The van der Waals surface area contributed by atoms with Crippen molar-refractivity contribution in [2.45, 2.75) is 26.7 Å². The number of aliphatic carboxylic acids is 1. The molecule has 0 radical (unpaired) electrons. The molecule has 5 heteroatoms. The van der Waals surface area contributed by atoms with Gasteiger partial charge >= 0.3 is 5.97 Å². The summed E-state index contributed by atoms with van der Waals surface area (Å²) in [6.45, 7) is 5.44. The molecule has 0 fully saturated rings. The zero-order valence-electron chi connectivity index (χ0n) is 9.45. The molecule has 0 unspecified atom stereocenters.